The summed E-state index contributed by atoms with van der Waals surface area (Å²) in [7, 11) is 0. The first kappa shape index (κ1) is 20.8. The maximum absolute atomic E-state index is 10.3. The standard InChI is InChI=1S/C20H29ClN4O4/c21-13-9-15(22-8-4-7-12-5-2-1-3-6-12)24-19-16(13)23-11-25(19)20-18(28)17(27)14(10-26)29-20/h9,11-12,14,17-18,20,26-28H,1-8,10H2,(H,22,24)/t14-,17-,18-,20-/m1/s1. The highest BCUT2D eigenvalue weighted by atomic mass is 35.5. The van der Waals surface area contributed by atoms with Crippen molar-refractivity contribution < 1.29 is 20.1 Å². The fraction of sp³-hybridized carbons (Fsp3) is 0.700. The molecule has 0 bridgehead atoms. The summed E-state index contributed by atoms with van der Waals surface area (Å²) in [6, 6.07) is 1.75. The van der Waals surface area contributed by atoms with Crippen molar-refractivity contribution in [3.05, 3.63) is 17.4 Å². The van der Waals surface area contributed by atoms with Gasteiger partial charge < -0.3 is 25.4 Å². The monoisotopic (exact) mass is 424 g/mol. The summed E-state index contributed by atoms with van der Waals surface area (Å²) in [4.78, 5) is 8.88. The highest BCUT2D eigenvalue weighted by Crippen LogP contribution is 2.33. The van der Waals surface area contributed by atoms with Gasteiger partial charge in [0.25, 0.3) is 0 Å². The van der Waals surface area contributed by atoms with Crippen LogP contribution in [0.25, 0.3) is 11.2 Å². The lowest BCUT2D eigenvalue weighted by Gasteiger charge is -2.21. The van der Waals surface area contributed by atoms with Crippen molar-refractivity contribution in [2.24, 2.45) is 5.92 Å². The molecule has 1 saturated carbocycles. The number of aliphatic hydroxyl groups excluding tert-OH is 3. The molecular weight excluding hydrogens is 396 g/mol. The van der Waals surface area contributed by atoms with Gasteiger partial charge >= 0.3 is 0 Å². The molecule has 0 unspecified atom stereocenters. The Balaban J connectivity index is 1.45. The topological polar surface area (TPSA) is 113 Å². The van der Waals surface area contributed by atoms with E-state index in [4.69, 9.17) is 16.3 Å². The number of ether oxygens (including phenoxy) is 1. The number of pyridine rings is 1. The van der Waals surface area contributed by atoms with E-state index in [1.807, 2.05) is 0 Å². The second-order valence-corrected chi connectivity index (χ2v) is 8.52. The highest BCUT2D eigenvalue weighted by Gasteiger charge is 2.44. The first-order chi connectivity index (χ1) is 14.1. The summed E-state index contributed by atoms with van der Waals surface area (Å²) in [5.74, 6) is 1.48. The molecule has 9 heteroatoms. The van der Waals surface area contributed by atoms with E-state index in [2.05, 4.69) is 15.3 Å². The van der Waals surface area contributed by atoms with Gasteiger partial charge in [0.1, 0.15) is 29.6 Å². The Kier molecular flexibility index (Phi) is 6.56. The Morgan fingerprint density at radius 1 is 1.21 bits per heavy atom. The van der Waals surface area contributed by atoms with Crippen LogP contribution in [0.3, 0.4) is 0 Å². The molecule has 4 atom stereocenters. The normalized spacial score (nSPS) is 28.3. The number of imidazole rings is 1. The molecule has 4 rings (SSSR count). The van der Waals surface area contributed by atoms with Gasteiger partial charge in [-0.2, -0.15) is 0 Å². The molecule has 2 fully saturated rings. The minimum absolute atomic E-state index is 0.386. The van der Waals surface area contributed by atoms with Crippen LogP contribution in [-0.4, -0.2) is 61.3 Å². The Labute approximate surface area is 174 Å². The molecular formula is C20H29ClN4O4. The predicted octanol–water partition coefficient (Wildman–Crippen LogP) is 2.47. The molecule has 4 N–H and O–H groups in total. The molecule has 2 aliphatic rings. The van der Waals surface area contributed by atoms with Crippen LogP contribution in [-0.2, 0) is 4.74 Å². The average Bonchev–Trinajstić information content (AvgIpc) is 3.28. The van der Waals surface area contributed by atoms with Crippen molar-refractivity contribution in [3.63, 3.8) is 0 Å². The molecule has 1 aliphatic heterocycles. The third-order valence-corrected chi connectivity index (χ3v) is 6.38. The van der Waals surface area contributed by atoms with Gasteiger partial charge in [0, 0.05) is 12.6 Å². The fourth-order valence-electron chi connectivity index (χ4n) is 4.44. The van der Waals surface area contributed by atoms with Gasteiger partial charge in [0.05, 0.1) is 18.0 Å². The molecule has 0 amide bonds. The molecule has 1 saturated heterocycles. The van der Waals surface area contributed by atoms with Crippen LogP contribution in [0.15, 0.2) is 12.4 Å². The lowest BCUT2D eigenvalue weighted by atomic mass is 9.86. The summed E-state index contributed by atoms with van der Waals surface area (Å²) >= 11 is 6.39. The summed E-state index contributed by atoms with van der Waals surface area (Å²) in [5.41, 5.74) is 0.958. The quantitative estimate of drug-likeness (QED) is 0.505. The molecule has 1 aliphatic carbocycles. The number of anilines is 1. The lowest BCUT2D eigenvalue weighted by Crippen LogP contribution is -2.33. The van der Waals surface area contributed by atoms with E-state index in [-0.39, 0.29) is 6.61 Å². The molecule has 29 heavy (non-hydrogen) atoms. The maximum Gasteiger partial charge on any atom is 0.165 e. The van der Waals surface area contributed by atoms with Crippen LogP contribution < -0.4 is 5.32 Å². The number of rotatable bonds is 7. The van der Waals surface area contributed by atoms with E-state index < -0.39 is 24.5 Å². The Bertz CT molecular complexity index is 826. The van der Waals surface area contributed by atoms with Crippen molar-refractivity contribution >= 4 is 28.6 Å². The number of hydrogen-bond donors (Lipinski definition) is 4. The zero-order valence-corrected chi connectivity index (χ0v) is 17.1. The number of nitrogens with zero attached hydrogens (tertiary/aromatic N) is 3. The average molecular weight is 425 g/mol. The molecule has 0 spiro atoms. The zero-order valence-electron chi connectivity index (χ0n) is 16.4. The van der Waals surface area contributed by atoms with Crippen molar-refractivity contribution in [2.45, 2.75) is 69.5 Å². The smallest absolute Gasteiger partial charge is 0.165 e. The predicted molar refractivity (Wildman–Crippen MR) is 110 cm³/mol. The number of nitrogens with one attached hydrogen (secondary N) is 1. The number of aromatic nitrogens is 3. The van der Waals surface area contributed by atoms with Crippen LogP contribution >= 0.6 is 11.6 Å². The van der Waals surface area contributed by atoms with E-state index in [1.54, 1.807) is 10.6 Å². The van der Waals surface area contributed by atoms with Crippen molar-refractivity contribution in [1.82, 2.24) is 14.5 Å². The van der Waals surface area contributed by atoms with Crippen molar-refractivity contribution in [3.8, 4) is 0 Å². The van der Waals surface area contributed by atoms with Crippen LogP contribution in [0.4, 0.5) is 5.82 Å². The number of aliphatic hydroxyl groups is 3. The first-order valence-electron chi connectivity index (χ1n) is 10.5. The van der Waals surface area contributed by atoms with Gasteiger partial charge in [-0.1, -0.05) is 43.7 Å². The third-order valence-electron chi connectivity index (χ3n) is 6.09. The number of hydrogen-bond acceptors (Lipinski definition) is 7. The Morgan fingerprint density at radius 3 is 2.72 bits per heavy atom. The second kappa shape index (κ2) is 9.14. The van der Waals surface area contributed by atoms with Crippen LogP contribution in [0.1, 0.15) is 51.2 Å². The largest absolute Gasteiger partial charge is 0.394 e. The fourth-order valence-corrected chi connectivity index (χ4v) is 4.67. The second-order valence-electron chi connectivity index (χ2n) is 8.12. The van der Waals surface area contributed by atoms with Gasteiger partial charge in [0.2, 0.25) is 0 Å². The number of fused-ring (bicyclic) bond motifs is 1. The molecule has 8 nitrogen and oxygen atoms in total. The van der Waals surface area contributed by atoms with E-state index in [0.717, 1.165) is 18.9 Å². The molecule has 2 aromatic heterocycles. The SMILES string of the molecule is OC[C@H]1O[C@@H](n2cnc3c(Cl)cc(NCCCC4CCCCC4)nc32)[C@H](O)[C@@H]1O. The van der Waals surface area contributed by atoms with Crippen LogP contribution in [0.5, 0.6) is 0 Å². The number of halogens is 1. The summed E-state index contributed by atoms with van der Waals surface area (Å²) in [6.07, 6.45) is 6.45. The summed E-state index contributed by atoms with van der Waals surface area (Å²) in [5, 5.41) is 33.5. The highest BCUT2D eigenvalue weighted by molar-refractivity contribution is 6.35. The van der Waals surface area contributed by atoms with Gasteiger partial charge in [-0.15, -0.1) is 0 Å². The van der Waals surface area contributed by atoms with Crippen molar-refractivity contribution in [2.75, 3.05) is 18.5 Å². The van der Waals surface area contributed by atoms with Crippen LogP contribution in [0, 0.1) is 5.92 Å². The van der Waals surface area contributed by atoms with E-state index >= 15 is 0 Å². The maximum atomic E-state index is 10.3. The van der Waals surface area contributed by atoms with Gasteiger partial charge in [-0.25, -0.2) is 9.97 Å². The third kappa shape index (κ3) is 4.36. The molecule has 2 aromatic rings. The molecule has 3 heterocycles. The van der Waals surface area contributed by atoms with Gasteiger partial charge in [-0.05, 0) is 18.8 Å². The van der Waals surface area contributed by atoms with Gasteiger partial charge in [0.15, 0.2) is 11.9 Å². The van der Waals surface area contributed by atoms with Crippen molar-refractivity contribution in [1.29, 1.82) is 0 Å². The Hall–Kier alpha value is -1.45. The minimum atomic E-state index is -1.20. The zero-order chi connectivity index (χ0) is 20.4. The van der Waals surface area contributed by atoms with E-state index in [9.17, 15) is 15.3 Å². The molecule has 0 aromatic carbocycles. The Morgan fingerprint density at radius 2 is 2.00 bits per heavy atom. The van der Waals surface area contributed by atoms with Crippen LogP contribution in [0.2, 0.25) is 5.02 Å². The molecule has 160 valence electrons. The minimum Gasteiger partial charge on any atom is -0.394 e. The van der Waals surface area contributed by atoms with Gasteiger partial charge in [-0.3, -0.25) is 4.57 Å². The lowest BCUT2D eigenvalue weighted by molar-refractivity contribution is -0.0511. The summed E-state index contributed by atoms with van der Waals surface area (Å²) < 4.78 is 7.16. The van der Waals surface area contributed by atoms with E-state index in [0.29, 0.717) is 22.0 Å². The van der Waals surface area contributed by atoms with E-state index in [1.165, 1.54) is 44.9 Å². The summed E-state index contributed by atoms with van der Waals surface area (Å²) in [6.45, 7) is 0.427. The molecule has 0 radical (unpaired) electrons. The first-order valence-corrected chi connectivity index (χ1v) is 10.9.